The van der Waals surface area contributed by atoms with Crippen LogP contribution in [0.4, 0.5) is 5.69 Å². The lowest BCUT2D eigenvalue weighted by Crippen LogP contribution is -2.08. The predicted molar refractivity (Wildman–Crippen MR) is 87.9 cm³/mol. The minimum Gasteiger partial charge on any atom is -0.480 e. The molecule has 0 aliphatic heterocycles. The number of hydrogen-bond acceptors (Lipinski definition) is 3. The summed E-state index contributed by atoms with van der Waals surface area (Å²) < 4.78 is 5.27. The Morgan fingerprint density at radius 1 is 1.19 bits per heavy atom. The highest BCUT2D eigenvalue weighted by molar-refractivity contribution is 5.53. The van der Waals surface area contributed by atoms with Crippen LogP contribution >= 0.6 is 0 Å². The van der Waals surface area contributed by atoms with Gasteiger partial charge in [-0.05, 0) is 43.0 Å². The zero-order valence-electron chi connectivity index (χ0n) is 13.1. The minimum atomic E-state index is 0.211. The number of rotatable bonds is 7. The second-order valence-corrected chi connectivity index (χ2v) is 5.27. The van der Waals surface area contributed by atoms with Crippen molar-refractivity contribution in [2.45, 2.75) is 39.2 Å². The summed E-state index contributed by atoms with van der Waals surface area (Å²) in [5, 5.41) is 3.45. The first-order valence-electron chi connectivity index (χ1n) is 7.59. The maximum atomic E-state index is 5.27. The number of aryl methyl sites for hydroxylation is 1. The highest BCUT2D eigenvalue weighted by Crippen LogP contribution is 2.25. The Labute approximate surface area is 127 Å². The molecule has 2 aromatic rings. The number of nitrogens with one attached hydrogen (secondary N) is 1. The first kappa shape index (κ1) is 15.4. The monoisotopic (exact) mass is 284 g/mol. The lowest BCUT2D eigenvalue weighted by Gasteiger charge is -2.17. The van der Waals surface area contributed by atoms with Crippen LogP contribution in [-0.4, -0.2) is 12.1 Å². The molecule has 112 valence electrons. The molecule has 0 bridgehead atoms. The molecule has 0 amide bonds. The van der Waals surface area contributed by atoms with E-state index >= 15 is 0 Å². The predicted octanol–water partition coefficient (Wildman–Crippen LogP) is 4.61. The van der Waals surface area contributed by atoms with E-state index in [1.807, 2.05) is 12.1 Å². The highest BCUT2D eigenvalue weighted by Gasteiger charge is 2.09. The molecule has 1 N–H and O–H groups in total. The normalized spacial score (nSPS) is 12.0. The number of methoxy groups -OCH3 is 1. The van der Waals surface area contributed by atoms with Crippen LogP contribution in [0.15, 0.2) is 42.6 Å². The Hall–Kier alpha value is -2.03. The molecule has 1 unspecified atom stereocenters. The van der Waals surface area contributed by atoms with Crippen LogP contribution in [0, 0.1) is 0 Å². The van der Waals surface area contributed by atoms with Crippen molar-refractivity contribution in [3.05, 3.63) is 53.7 Å². The third-order valence-electron chi connectivity index (χ3n) is 3.64. The van der Waals surface area contributed by atoms with Crippen molar-refractivity contribution in [3.63, 3.8) is 0 Å². The van der Waals surface area contributed by atoms with Crippen LogP contribution in [0.5, 0.6) is 5.88 Å². The molecule has 0 radical (unpaired) electrons. The summed E-state index contributed by atoms with van der Waals surface area (Å²) in [6.07, 6.45) is 5.38. The molecule has 1 heterocycles. The van der Waals surface area contributed by atoms with Gasteiger partial charge in [-0.1, -0.05) is 37.6 Å². The van der Waals surface area contributed by atoms with Gasteiger partial charge >= 0.3 is 0 Å². The molecule has 0 aliphatic carbocycles. The summed E-state index contributed by atoms with van der Waals surface area (Å²) in [4.78, 5) is 4.21. The van der Waals surface area contributed by atoms with Gasteiger partial charge in [-0.3, -0.25) is 0 Å². The minimum absolute atomic E-state index is 0.211. The number of anilines is 1. The summed E-state index contributed by atoms with van der Waals surface area (Å²) in [5.74, 6) is 0.629. The van der Waals surface area contributed by atoms with Crippen LogP contribution < -0.4 is 10.1 Å². The summed E-state index contributed by atoms with van der Waals surface area (Å²) in [6, 6.07) is 13.0. The van der Waals surface area contributed by atoms with Crippen LogP contribution in [0.2, 0.25) is 0 Å². The SMILES string of the molecule is CCCCc1ccc(C(C)Nc2cccnc2OC)cc1. The van der Waals surface area contributed by atoms with E-state index < -0.39 is 0 Å². The summed E-state index contributed by atoms with van der Waals surface area (Å²) in [5.41, 5.74) is 3.59. The number of nitrogens with zero attached hydrogens (tertiary/aromatic N) is 1. The molecule has 0 spiro atoms. The molecular weight excluding hydrogens is 260 g/mol. The van der Waals surface area contributed by atoms with Gasteiger partial charge in [-0.25, -0.2) is 4.98 Å². The number of hydrogen-bond donors (Lipinski definition) is 1. The van der Waals surface area contributed by atoms with Gasteiger partial charge in [0, 0.05) is 12.2 Å². The van der Waals surface area contributed by atoms with Gasteiger partial charge in [0.1, 0.15) is 0 Å². The number of aromatic nitrogens is 1. The van der Waals surface area contributed by atoms with Crippen molar-refractivity contribution in [1.82, 2.24) is 4.98 Å². The van der Waals surface area contributed by atoms with Gasteiger partial charge in [-0.2, -0.15) is 0 Å². The van der Waals surface area contributed by atoms with Gasteiger partial charge in [0.05, 0.1) is 12.8 Å². The van der Waals surface area contributed by atoms with E-state index in [0.717, 1.165) is 12.1 Å². The first-order valence-corrected chi connectivity index (χ1v) is 7.59. The van der Waals surface area contributed by atoms with Gasteiger partial charge in [0.2, 0.25) is 5.88 Å². The molecule has 1 atom stereocenters. The van der Waals surface area contributed by atoms with Gasteiger partial charge in [-0.15, -0.1) is 0 Å². The smallest absolute Gasteiger partial charge is 0.237 e. The maximum absolute atomic E-state index is 5.27. The number of ether oxygens (including phenoxy) is 1. The zero-order valence-corrected chi connectivity index (χ0v) is 13.1. The van der Waals surface area contributed by atoms with Gasteiger partial charge < -0.3 is 10.1 Å². The second-order valence-electron chi connectivity index (χ2n) is 5.27. The van der Waals surface area contributed by atoms with Crippen LogP contribution in [0.3, 0.4) is 0 Å². The maximum Gasteiger partial charge on any atom is 0.237 e. The fraction of sp³-hybridized carbons (Fsp3) is 0.389. The Morgan fingerprint density at radius 3 is 2.62 bits per heavy atom. The summed E-state index contributed by atoms with van der Waals surface area (Å²) >= 11 is 0. The number of pyridine rings is 1. The molecule has 0 saturated carbocycles. The van der Waals surface area contributed by atoms with E-state index in [9.17, 15) is 0 Å². The van der Waals surface area contributed by atoms with Gasteiger partial charge in [0.15, 0.2) is 0 Å². The first-order chi connectivity index (χ1) is 10.2. The third-order valence-corrected chi connectivity index (χ3v) is 3.64. The van der Waals surface area contributed by atoms with Crippen LogP contribution in [0.1, 0.15) is 43.9 Å². The lowest BCUT2D eigenvalue weighted by molar-refractivity contribution is 0.399. The Bertz CT molecular complexity index is 551. The van der Waals surface area contributed by atoms with Crippen molar-refractivity contribution in [2.75, 3.05) is 12.4 Å². The van der Waals surface area contributed by atoms with E-state index in [0.29, 0.717) is 5.88 Å². The van der Waals surface area contributed by atoms with Crippen molar-refractivity contribution in [3.8, 4) is 5.88 Å². The molecule has 3 nitrogen and oxygen atoms in total. The lowest BCUT2D eigenvalue weighted by atomic mass is 10.0. The van der Waals surface area contributed by atoms with Gasteiger partial charge in [0.25, 0.3) is 0 Å². The summed E-state index contributed by atoms with van der Waals surface area (Å²) in [6.45, 7) is 4.37. The standard InChI is InChI=1S/C18H24N2O/c1-4-5-7-15-9-11-16(12-10-15)14(2)20-17-8-6-13-19-18(17)21-3/h6,8-14,20H,4-5,7H2,1-3H3. The van der Waals surface area contributed by atoms with Crippen molar-refractivity contribution in [2.24, 2.45) is 0 Å². The van der Waals surface area contributed by atoms with Crippen molar-refractivity contribution >= 4 is 5.69 Å². The van der Waals surface area contributed by atoms with E-state index in [-0.39, 0.29) is 6.04 Å². The molecule has 0 aliphatic rings. The third kappa shape index (κ3) is 4.22. The average molecular weight is 284 g/mol. The van der Waals surface area contributed by atoms with E-state index in [2.05, 4.69) is 48.4 Å². The molecule has 21 heavy (non-hydrogen) atoms. The molecule has 0 fully saturated rings. The fourth-order valence-corrected chi connectivity index (χ4v) is 2.33. The average Bonchev–Trinajstić information content (AvgIpc) is 2.54. The number of unbranched alkanes of at least 4 members (excludes halogenated alkanes) is 1. The van der Waals surface area contributed by atoms with Crippen LogP contribution in [-0.2, 0) is 6.42 Å². The fourth-order valence-electron chi connectivity index (χ4n) is 2.33. The second kappa shape index (κ2) is 7.67. The quantitative estimate of drug-likeness (QED) is 0.806. The zero-order chi connectivity index (χ0) is 15.1. The topological polar surface area (TPSA) is 34.2 Å². The molecular formula is C18H24N2O. The Morgan fingerprint density at radius 2 is 1.95 bits per heavy atom. The highest BCUT2D eigenvalue weighted by atomic mass is 16.5. The number of benzene rings is 1. The largest absolute Gasteiger partial charge is 0.480 e. The van der Waals surface area contributed by atoms with Crippen LogP contribution in [0.25, 0.3) is 0 Å². The molecule has 2 rings (SSSR count). The summed E-state index contributed by atoms with van der Waals surface area (Å²) in [7, 11) is 1.64. The van der Waals surface area contributed by atoms with E-state index in [4.69, 9.17) is 4.74 Å². The molecule has 1 aromatic heterocycles. The van der Waals surface area contributed by atoms with Crippen molar-refractivity contribution < 1.29 is 4.74 Å². The van der Waals surface area contributed by atoms with Crippen molar-refractivity contribution in [1.29, 1.82) is 0 Å². The molecule has 3 heteroatoms. The Kier molecular flexibility index (Phi) is 5.61. The van der Waals surface area contributed by atoms with E-state index in [1.165, 1.54) is 24.0 Å². The van der Waals surface area contributed by atoms with E-state index in [1.54, 1.807) is 13.3 Å². The molecule has 0 saturated heterocycles. The molecule has 1 aromatic carbocycles. The Balaban J connectivity index is 2.04.